The largest absolute Gasteiger partial charge is 0.337 e. The second-order valence-electron chi connectivity index (χ2n) is 7.70. The molecule has 2 amide bonds. The molecule has 1 unspecified atom stereocenters. The Morgan fingerprint density at radius 2 is 1.93 bits per heavy atom. The number of carbonyl (C=O) groups is 1. The quantitative estimate of drug-likeness (QED) is 0.741. The highest BCUT2D eigenvalue weighted by Gasteiger charge is 2.26. The van der Waals surface area contributed by atoms with Crippen molar-refractivity contribution in [3.8, 4) is 0 Å². The number of carbonyl (C=O) groups excluding carboxylic acids is 1. The number of urea groups is 1. The third-order valence-electron chi connectivity index (χ3n) is 5.20. The van der Waals surface area contributed by atoms with E-state index in [9.17, 15) is 9.18 Å². The van der Waals surface area contributed by atoms with Crippen molar-refractivity contribution < 1.29 is 9.18 Å². The molecule has 1 fully saturated rings. The van der Waals surface area contributed by atoms with Gasteiger partial charge in [-0.2, -0.15) is 0 Å². The zero-order valence-electron chi connectivity index (χ0n) is 16.0. The predicted molar refractivity (Wildman–Crippen MR) is 109 cm³/mol. The normalized spacial score (nSPS) is 16.3. The molecule has 1 aliphatic rings. The van der Waals surface area contributed by atoms with E-state index >= 15 is 0 Å². The van der Waals surface area contributed by atoms with Gasteiger partial charge in [0.05, 0.1) is 6.04 Å². The van der Waals surface area contributed by atoms with E-state index in [0.29, 0.717) is 18.7 Å². The topological polar surface area (TPSA) is 44.4 Å². The molecule has 0 radical (unpaired) electrons. The summed E-state index contributed by atoms with van der Waals surface area (Å²) in [6.07, 6.45) is 2.43. The smallest absolute Gasteiger partial charge is 0.314 e. The third-order valence-corrected chi connectivity index (χ3v) is 6.18. The molecule has 1 aromatic carbocycles. The molecule has 0 bridgehead atoms. The van der Waals surface area contributed by atoms with Crippen LogP contribution in [0.15, 0.2) is 41.8 Å². The van der Waals surface area contributed by atoms with Crippen LogP contribution in [0.3, 0.4) is 0 Å². The number of hydrogen-bond acceptors (Lipinski definition) is 3. The maximum atomic E-state index is 14.1. The summed E-state index contributed by atoms with van der Waals surface area (Å²) in [7, 11) is 0. The van der Waals surface area contributed by atoms with Crippen molar-refractivity contribution in [2.75, 3.05) is 26.2 Å². The van der Waals surface area contributed by atoms with Crippen LogP contribution < -0.4 is 10.6 Å². The van der Waals surface area contributed by atoms with Crippen molar-refractivity contribution >= 4 is 17.4 Å². The van der Waals surface area contributed by atoms with Crippen molar-refractivity contribution in [1.82, 2.24) is 15.5 Å². The fourth-order valence-electron chi connectivity index (χ4n) is 3.60. The van der Waals surface area contributed by atoms with Gasteiger partial charge in [0, 0.05) is 23.4 Å². The summed E-state index contributed by atoms with van der Waals surface area (Å²) < 4.78 is 14.1. The van der Waals surface area contributed by atoms with Gasteiger partial charge in [0.25, 0.3) is 0 Å². The Morgan fingerprint density at radius 1 is 1.19 bits per heavy atom. The molecule has 0 saturated carbocycles. The number of thiophene rings is 1. The average molecular weight is 390 g/mol. The molecule has 146 valence electrons. The lowest BCUT2D eigenvalue weighted by atomic mass is 9.84. The number of benzene rings is 1. The van der Waals surface area contributed by atoms with Crippen molar-refractivity contribution in [3.63, 3.8) is 0 Å². The van der Waals surface area contributed by atoms with Crippen molar-refractivity contribution in [1.29, 1.82) is 0 Å². The van der Waals surface area contributed by atoms with Gasteiger partial charge in [-0.25, -0.2) is 9.18 Å². The van der Waals surface area contributed by atoms with Gasteiger partial charge in [-0.15, -0.1) is 11.3 Å². The van der Waals surface area contributed by atoms with Gasteiger partial charge in [0.15, 0.2) is 0 Å². The Bertz CT molecular complexity index is 742. The van der Waals surface area contributed by atoms with Gasteiger partial charge < -0.3 is 10.6 Å². The van der Waals surface area contributed by atoms with E-state index in [4.69, 9.17) is 0 Å². The van der Waals surface area contributed by atoms with Crippen molar-refractivity contribution in [2.45, 2.75) is 38.1 Å². The van der Waals surface area contributed by atoms with Crippen LogP contribution >= 0.6 is 11.3 Å². The van der Waals surface area contributed by atoms with E-state index in [2.05, 4.69) is 33.0 Å². The molecule has 0 spiro atoms. The minimum Gasteiger partial charge on any atom is -0.337 e. The molecule has 1 saturated heterocycles. The Balaban J connectivity index is 1.54. The van der Waals surface area contributed by atoms with Crippen molar-refractivity contribution in [3.05, 3.63) is 58.0 Å². The molecule has 2 N–H and O–H groups in total. The van der Waals surface area contributed by atoms with E-state index in [1.165, 1.54) is 23.8 Å². The first-order valence-corrected chi connectivity index (χ1v) is 10.4. The number of nitrogens with one attached hydrogen (secondary N) is 2. The standard InChI is InChI=1S/C21H28FN3OS/c1-21(2,16-8-3-4-9-17(16)22)15-24-20(26)23-14-18(19-10-7-13-27-19)25-11-5-6-12-25/h3-4,7-10,13,18H,5-6,11-12,14-15H2,1-2H3,(H2,23,24,26). The van der Waals surface area contributed by atoms with E-state index in [1.807, 2.05) is 19.9 Å². The third kappa shape index (κ3) is 5.08. The molecule has 0 aliphatic carbocycles. The maximum Gasteiger partial charge on any atom is 0.314 e. The summed E-state index contributed by atoms with van der Waals surface area (Å²) in [6.45, 7) is 6.97. The van der Waals surface area contributed by atoms with Crippen LogP contribution in [0.5, 0.6) is 0 Å². The lowest BCUT2D eigenvalue weighted by Crippen LogP contribution is -2.45. The van der Waals surface area contributed by atoms with Gasteiger partial charge in [-0.1, -0.05) is 38.1 Å². The molecule has 1 atom stereocenters. The fourth-order valence-corrected chi connectivity index (χ4v) is 4.46. The molecule has 2 aromatic rings. The predicted octanol–water partition coefficient (Wildman–Crippen LogP) is 4.30. The highest BCUT2D eigenvalue weighted by molar-refractivity contribution is 7.10. The zero-order chi connectivity index (χ0) is 19.3. The SMILES string of the molecule is CC(C)(CNC(=O)NCC(c1cccs1)N1CCCC1)c1ccccc1F. The van der Waals surface area contributed by atoms with Gasteiger partial charge in [-0.05, 0) is 49.0 Å². The molecular weight excluding hydrogens is 361 g/mol. The van der Waals surface area contributed by atoms with Crippen LogP contribution in [0, 0.1) is 5.82 Å². The van der Waals surface area contributed by atoms with Gasteiger partial charge >= 0.3 is 6.03 Å². The summed E-state index contributed by atoms with van der Waals surface area (Å²) in [6, 6.07) is 10.9. The first kappa shape index (κ1) is 19.8. The second-order valence-corrected chi connectivity index (χ2v) is 8.68. The first-order valence-electron chi connectivity index (χ1n) is 9.51. The minimum absolute atomic E-state index is 0.208. The lowest BCUT2D eigenvalue weighted by molar-refractivity contribution is 0.220. The highest BCUT2D eigenvalue weighted by atomic mass is 32.1. The van der Waals surface area contributed by atoms with E-state index in [0.717, 1.165) is 13.1 Å². The van der Waals surface area contributed by atoms with Crippen LogP contribution in [0.25, 0.3) is 0 Å². The van der Waals surface area contributed by atoms with Crippen LogP contribution in [-0.2, 0) is 5.41 Å². The summed E-state index contributed by atoms with van der Waals surface area (Å²) >= 11 is 1.73. The molecule has 27 heavy (non-hydrogen) atoms. The van der Waals surface area contributed by atoms with E-state index in [1.54, 1.807) is 23.5 Å². The number of halogens is 1. The minimum atomic E-state index is -0.481. The van der Waals surface area contributed by atoms with Gasteiger partial charge in [-0.3, -0.25) is 4.90 Å². The molecule has 1 aromatic heterocycles. The van der Waals surface area contributed by atoms with E-state index in [-0.39, 0.29) is 17.9 Å². The average Bonchev–Trinajstić information content (AvgIpc) is 3.35. The van der Waals surface area contributed by atoms with E-state index < -0.39 is 5.41 Å². The van der Waals surface area contributed by atoms with Crippen molar-refractivity contribution in [2.24, 2.45) is 0 Å². The first-order chi connectivity index (χ1) is 13.0. The van der Waals surface area contributed by atoms with Crippen LogP contribution in [0.4, 0.5) is 9.18 Å². The lowest BCUT2D eigenvalue weighted by Gasteiger charge is -2.28. The van der Waals surface area contributed by atoms with Gasteiger partial charge in [0.1, 0.15) is 5.82 Å². The summed E-state index contributed by atoms with van der Waals surface area (Å²) in [5.41, 5.74) is 0.129. The van der Waals surface area contributed by atoms with Gasteiger partial charge in [0.2, 0.25) is 0 Å². The van der Waals surface area contributed by atoms with Crippen LogP contribution in [0.2, 0.25) is 0 Å². The maximum absolute atomic E-state index is 14.1. The van der Waals surface area contributed by atoms with Crippen LogP contribution in [0.1, 0.15) is 43.2 Å². The molecule has 1 aliphatic heterocycles. The monoisotopic (exact) mass is 389 g/mol. The summed E-state index contributed by atoms with van der Waals surface area (Å²) in [5, 5.41) is 7.99. The number of likely N-dealkylation sites (tertiary alicyclic amines) is 1. The number of hydrogen-bond donors (Lipinski definition) is 2. The second kappa shape index (κ2) is 8.85. The molecule has 4 nitrogen and oxygen atoms in total. The Kier molecular flexibility index (Phi) is 6.50. The molecular formula is C21H28FN3OS. The Labute approximate surface area is 164 Å². The summed E-state index contributed by atoms with van der Waals surface area (Å²) in [5.74, 6) is -0.239. The number of nitrogens with zero attached hydrogens (tertiary/aromatic N) is 1. The fraction of sp³-hybridized carbons (Fsp3) is 0.476. The molecule has 3 rings (SSSR count). The Morgan fingerprint density at radius 3 is 2.59 bits per heavy atom. The molecule has 6 heteroatoms. The highest BCUT2D eigenvalue weighted by Crippen LogP contribution is 2.28. The Hall–Kier alpha value is -1.92. The summed E-state index contributed by atoms with van der Waals surface area (Å²) in [4.78, 5) is 16.1. The van der Waals surface area contributed by atoms with Crippen LogP contribution in [-0.4, -0.2) is 37.1 Å². The number of amides is 2. The zero-order valence-corrected chi connectivity index (χ0v) is 16.8. The number of rotatable bonds is 7. The molecule has 2 heterocycles.